The van der Waals surface area contributed by atoms with Crippen LogP contribution in [0.5, 0.6) is 0 Å². The normalized spacial score (nSPS) is 21.2. The number of anilines is 2. The van der Waals surface area contributed by atoms with E-state index in [2.05, 4.69) is 20.3 Å². The number of aromatic nitrogens is 4. The summed E-state index contributed by atoms with van der Waals surface area (Å²) in [5.41, 5.74) is 0. The minimum Gasteiger partial charge on any atom is -0.370 e. The molecule has 1 N–H and O–H groups in total. The van der Waals surface area contributed by atoms with Gasteiger partial charge < -0.3 is 19.5 Å². The zero-order valence-corrected chi connectivity index (χ0v) is 13.9. The van der Waals surface area contributed by atoms with Crippen molar-refractivity contribution in [2.75, 3.05) is 37.5 Å². The lowest BCUT2D eigenvalue weighted by molar-refractivity contribution is -0.0305. The fraction of sp³-hybridized carbons (Fsp3) is 0.562. The van der Waals surface area contributed by atoms with Crippen molar-refractivity contribution in [2.45, 2.75) is 18.9 Å². The second-order valence-corrected chi connectivity index (χ2v) is 6.11. The molecule has 0 aliphatic carbocycles. The van der Waals surface area contributed by atoms with Crippen molar-refractivity contribution < 1.29 is 4.74 Å². The molecule has 23 heavy (non-hydrogen) atoms. The van der Waals surface area contributed by atoms with Gasteiger partial charge in [-0.15, -0.1) is 0 Å². The van der Waals surface area contributed by atoms with E-state index in [9.17, 15) is 0 Å². The molecule has 1 fully saturated rings. The zero-order chi connectivity index (χ0) is 16.2. The van der Waals surface area contributed by atoms with E-state index in [-0.39, 0.29) is 6.10 Å². The van der Waals surface area contributed by atoms with Crippen LogP contribution >= 0.6 is 0 Å². The lowest BCUT2D eigenvalue weighted by Crippen LogP contribution is -2.30. The number of hydrogen-bond acceptors (Lipinski definition) is 6. The summed E-state index contributed by atoms with van der Waals surface area (Å²) >= 11 is 0. The molecule has 3 heterocycles. The summed E-state index contributed by atoms with van der Waals surface area (Å²) in [4.78, 5) is 15.1. The van der Waals surface area contributed by atoms with Gasteiger partial charge in [-0.25, -0.2) is 9.97 Å². The maximum Gasteiger partial charge on any atom is 0.226 e. The molecule has 0 unspecified atom stereocenters. The third kappa shape index (κ3) is 3.61. The van der Waals surface area contributed by atoms with E-state index in [1.165, 1.54) is 0 Å². The molecular weight excluding hydrogens is 292 g/mol. The van der Waals surface area contributed by atoms with Crippen molar-refractivity contribution in [2.24, 2.45) is 13.0 Å². The predicted molar refractivity (Wildman–Crippen MR) is 89.5 cm³/mol. The highest BCUT2D eigenvalue weighted by Gasteiger charge is 2.30. The predicted octanol–water partition coefficient (Wildman–Crippen LogP) is 1.86. The molecule has 2 aromatic heterocycles. The molecular formula is C16H24N6O. The van der Waals surface area contributed by atoms with Crippen molar-refractivity contribution in [1.29, 1.82) is 0 Å². The van der Waals surface area contributed by atoms with Crippen LogP contribution in [-0.2, 0) is 11.8 Å². The summed E-state index contributed by atoms with van der Waals surface area (Å²) < 4.78 is 8.04. The molecule has 0 saturated carbocycles. The van der Waals surface area contributed by atoms with Crippen LogP contribution in [0, 0.1) is 5.92 Å². The lowest BCUT2D eigenvalue weighted by atomic mass is 9.93. The summed E-state index contributed by atoms with van der Waals surface area (Å²) in [7, 11) is 5.88. The molecule has 3 rings (SSSR count). The molecule has 0 bridgehead atoms. The van der Waals surface area contributed by atoms with Gasteiger partial charge in [0.2, 0.25) is 5.95 Å². The molecule has 0 aromatic carbocycles. The topological polar surface area (TPSA) is 68.1 Å². The van der Waals surface area contributed by atoms with Gasteiger partial charge in [-0.05, 0) is 18.9 Å². The van der Waals surface area contributed by atoms with Crippen molar-refractivity contribution in [3.05, 3.63) is 30.5 Å². The van der Waals surface area contributed by atoms with E-state index in [0.29, 0.717) is 11.9 Å². The second kappa shape index (κ2) is 6.95. The zero-order valence-electron chi connectivity index (χ0n) is 13.9. The first-order valence-corrected chi connectivity index (χ1v) is 7.98. The molecule has 1 aliphatic heterocycles. The Morgan fingerprint density at radius 3 is 2.96 bits per heavy atom. The number of rotatable bonds is 5. The number of nitrogens with one attached hydrogen (secondary N) is 1. The van der Waals surface area contributed by atoms with E-state index in [1.54, 1.807) is 6.20 Å². The van der Waals surface area contributed by atoms with Crippen LogP contribution in [0.15, 0.2) is 24.7 Å². The van der Waals surface area contributed by atoms with Gasteiger partial charge in [0.1, 0.15) is 17.7 Å². The molecule has 2 aromatic rings. The van der Waals surface area contributed by atoms with Crippen LogP contribution in [0.4, 0.5) is 11.8 Å². The van der Waals surface area contributed by atoms with Gasteiger partial charge in [-0.3, -0.25) is 0 Å². The van der Waals surface area contributed by atoms with Crippen LogP contribution in [-0.4, -0.2) is 46.8 Å². The quantitative estimate of drug-likeness (QED) is 0.908. The Kier molecular flexibility index (Phi) is 4.76. The largest absolute Gasteiger partial charge is 0.370 e. The van der Waals surface area contributed by atoms with Crippen LogP contribution in [0.3, 0.4) is 0 Å². The molecule has 1 aliphatic rings. The molecule has 7 nitrogen and oxygen atoms in total. The first-order valence-electron chi connectivity index (χ1n) is 7.98. The van der Waals surface area contributed by atoms with E-state index in [0.717, 1.165) is 37.6 Å². The Bertz CT molecular complexity index is 641. The smallest absolute Gasteiger partial charge is 0.226 e. The molecule has 7 heteroatoms. The van der Waals surface area contributed by atoms with E-state index < -0.39 is 0 Å². The fourth-order valence-corrected chi connectivity index (χ4v) is 2.89. The van der Waals surface area contributed by atoms with Crippen molar-refractivity contribution in [1.82, 2.24) is 19.5 Å². The molecule has 0 radical (unpaired) electrons. The van der Waals surface area contributed by atoms with E-state index in [4.69, 9.17) is 4.74 Å². The van der Waals surface area contributed by atoms with Gasteiger partial charge in [0.05, 0.1) is 0 Å². The number of imidazole rings is 1. The Hall–Kier alpha value is -2.15. The monoisotopic (exact) mass is 316 g/mol. The summed E-state index contributed by atoms with van der Waals surface area (Å²) in [6.45, 7) is 1.60. The SMILES string of the molecule is CN(C)c1nccc(NC[C@@H]2CCCO[C@H]2c2nccn2C)n1. The average Bonchev–Trinajstić information content (AvgIpc) is 2.99. The Morgan fingerprint density at radius 2 is 2.22 bits per heavy atom. The third-order valence-electron chi connectivity index (χ3n) is 4.15. The Morgan fingerprint density at radius 1 is 1.35 bits per heavy atom. The number of nitrogens with zero attached hydrogens (tertiary/aromatic N) is 5. The van der Waals surface area contributed by atoms with Crippen LogP contribution in [0.1, 0.15) is 24.8 Å². The summed E-state index contributed by atoms with van der Waals surface area (Å²) in [6.07, 6.45) is 7.80. The minimum absolute atomic E-state index is 0.0337. The van der Waals surface area contributed by atoms with E-state index >= 15 is 0 Å². The standard InChI is InChI=1S/C16H24N6O/c1-21(2)16-18-7-6-13(20-16)19-11-12-5-4-10-23-14(12)15-17-8-9-22(15)3/h6-9,12,14H,4-5,10-11H2,1-3H3,(H,18,19,20)/t12-,14+/m0/s1. The van der Waals surface area contributed by atoms with Crippen LogP contribution in [0.25, 0.3) is 0 Å². The summed E-state index contributed by atoms with van der Waals surface area (Å²) in [6, 6.07) is 1.90. The van der Waals surface area contributed by atoms with Crippen LogP contribution < -0.4 is 10.2 Å². The second-order valence-electron chi connectivity index (χ2n) is 6.11. The van der Waals surface area contributed by atoms with Gasteiger partial charge in [0, 0.05) is 58.8 Å². The minimum atomic E-state index is 0.0337. The van der Waals surface area contributed by atoms with Gasteiger partial charge in [0.15, 0.2) is 0 Å². The Balaban J connectivity index is 1.68. The highest BCUT2D eigenvalue weighted by molar-refractivity contribution is 5.40. The van der Waals surface area contributed by atoms with Gasteiger partial charge >= 0.3 is 0 Å². The molecule has 1 saturated heterocycles. The Labute approximate surface area is 136 Å². The van der Waals surface area contributed by atoms with Gasteiger partial charge in [-0.2, -0.15) is 4.98 Å². The van der Waals surface area contributed by atoms with Crippen LogP contribution in [0.2, 0.25) is 0 Å². The average molecular weight is 316 g/mol. The third-order valence-corrected chi connectivity index (χ3v) is 4.15. The van der Waals surface area contributed by atoms with Gasteiger partial charge in [0.25, 0.3) is 0 Å². The fourth-order valence-electron chi connectivity index (χ4n) is 2.89. The van der Waals surface area contributed by atoms with Crippen molar-refractivity contribution >= 4 is 11.8 Å². The first-order chi connectivity index (χ1) is 11.1. The molecule has 0 amide bonds. The maximum absolute atomic E-state index is 6.00. The highest BCUT2D eigenvalue weighted by atomic mass is 16.5. The first kappa shape index (κ1) is 15.7. The van der Waals surface area contributed by atoms with Gasteiger partial charge in [-0.1, -0.05) is 0 Å². The summed E-state index contributed by atoms with van der Waals surface area (Å²) in [5, 5.41) is 3.43. The van der Waals surface area contributed by atoms with Crippen molar-refractivity contribution in [3.8, 4) is 0 Å². The maximum atomic E-state index is 6.00. The summed E-state index contributed by atoms with van der Waals surface area (Å²) in [5.74, 6) is 2.92. The number of ether oxygens (including phenoxy) is 1. The highest BCUT2D eigenvalue weighted by Crippen LogP contribution is 2.32. The number of hydrogen-bond donors (Lipinski definition) is 1. The lowest BCUT2D eigenvalue weighted by Gasteiger charge is -2.31. The molecule has 0 spiro atoms. The molecule has 2 atom stereocenters. The molecule has 124 valence electrons. The van der Waals surface area contributed by atoms with E-state index in [1.807, 2.05) is 49.1 Å². The number of aryl methyl sites for hydroxylation is 1. The van der Waals surface area contributed by atoms with Crippen molar-refractivity contribution in [3.63, 3.8) is 0 Å².